The van der Waals surface area contributed by atoms with E-state index < -0.39 is 9.16 Å². The van der Waals surface area contributed by atoms with Gasteiger partial charge in [0.05, 0.1) is 0 Å². The fourth-order valence-corrected chi connectivity index (χ4v) is 12.2. The van der Waals surface area contributed by atoms with E-state index in [0.29, 0.717) is 0 Å². The maximum absolute atomic E-state index is 3.33. The standard InChI is InChI=1S/C33H32S/c1-26-14-20-31(21-15-26)34(29-10-6-4-7-11-29,30-12-8-5-9-13-30,32-22-16-27(2)17-23-32)33-24-18-28(3)19-25-33/h4-25,34H,1-3H3. The van der Waals surface area contributed by atoms with Gasteiger partial charge in [0.1, 0.15) is 0 Å². The van der Waals surface area contributed by atoms with Crippen LogP contribution in [0.2, 0.25) is 0 Å². The molecular formula is C33H32S. The van der Waals surface area contributed by atoms with Crippen molar-refractivity contribution in [3.05, 3.63) is 150 Å². The lowest BCUT2D eigenvalue weighted by atomic mass is 10.2. The molecule has 0 N–H and O–H groups in total. The van der Waals surface area contributed by atoms with Crippen molar-refractivity contribution in [3.8, 4) is 0 Å². The van der Waals surface area contributed by atoms with Gasteiger partial charge in [0.15, 0.2) is 0 Å². The van der Waals surface area contributed by atoms with Gasteiger partial charge < -0.3 is 0 Å². The van der Waals surface area contributed by atoms with Crippen LogP contribution in [0.4, 0.5) is 0 Å². The molecule has 170 valence electrons. The van der Waals surface area contributed by atoms with Crippen LogP contribution in [0, 0.1) is 20.8 Å². The Balaban J connectivity index is 2.12. The Hall–Kier alpha value is -3.55. The highest BCUT2D eigenvalue weighted by Crippen LogP contribution is 2.93. The first-order chi connectivity index (χ1) is 16.6. The predicted molar refractivity (Wildman–Crippen MR) is 147 cm³/mol. The SMILES string of the molecule is Cc1ccc([SH](c2ccccc2)(c2ccccc2)(c2ccc(C)cc2)c2ccc(C)cc2)cc1. The summed E-state index contributed by atoms with van der Waals surface area (Å²) in [6, 6.07) is 50.2. The van der Waals surface area contributed by atoms with Crippen molar-refractivity contribution in [3.63, 3.8) is 0 Å². The lowest BCUT2D eigenvalue weighted by Crippen LogP contribution is -2.22. The Kier molecular flexibility index (Phi) is 5.67. The van der Waals surface area contributed by atoms with Crippen LogP contribution in [0.25, 0.3) is 0 Å². The van der Waals surface area contributed by atoms with Crippen LogP contribution in [0.15, 0.2) is 158 Å². The molecule has 0 atom stereocenters. The first-order valence-electron chi connectivity index (χ1n) is 11.9. The molecule has 0 aliphatic rings. The zero-order valence-electron chi connectivity index (χ0n) is 20.1. The molecule has 5 aromatic carbocycles. The van der Waals surface area contributed by atoms with Crippen LogP contribution in [0.1, 0.15) is 16.7 Å². The van der Waals surface area contributed by atoms with Crippen LogP contribution < -0.4 is 0 Å². The van der Waals surface area contributed by atoms with Gasteiger partial charge in [-0.3, -0.25) is 0 Å². The van der Waals surface area contributed by atoms with Crippen LogP contribution in [0.5, 0.6) is 0 Å². The van der Waals surface area contributed by atoms with E-state index in [4.69, 9.17) is 0 Å². The molecule has 0 radical (unpaired) electrons. The van der Waals surface area contributed by atoms with E-state index in [9.17, 15) is 0 Å². The third-order valence-corrected chi connectivity index (χ3v) is 13.9. The lowest BCUT2D eigenvalue weighted by molar-refractivity contribution is 1.14. The number of rotatable bonds is 5. The van der Waals surface area contributed by atoms with E-state index in [1.807, 2.05) is 0 Å². The van der Waals surface area contributed by atoms with Gasteiger partial charge >= 0.3 is 0 Å². The minimum absolute atomic E-state index is 1.27. The number of thiol groups is 1. The number of hydrogen-bond acceptors (Lipinski definition) is 0. The molecule has 0 aromatic heterocycles. The molecular weight excluding hydrogens is 428 g/mol. The molecule has 0 aliphatic carbocycles. The Morgan fingerprint density at radius 2 is 0.529 bits per heavy atom. The summed E-state index contributed by atoms with van der Waals surface area (Å²) < 4.78 is 0. The summed E-state index contributed by atoms with van der Waals surface area (Å²) in [6.07, 6.45) is 0. The highest BCUT2D eigenvalue weighted by atomic mass is 32.3. The highest BCUT2D eigenvalue weighted by molar-refractivity contribution is 8.49. The molecule has 0 amide bonds. The molecule has 0 spiro atoms. The maximum Gasteiger partial charge on any atom is -0.0104 e. The van der Waals surface area contributed by atoms with Crippen LogP contribution in [-0.2, 0) is 0 Å². The molecule has 0 fully saturated rings. The predicted octanol–water partition coefficient (Wildman–Crippen LogP) is 9.28. The maximum atomic E-state index is 2.37. The summed E-state index contributed by atoms with van der Waals surface area (Å²) in [5.41, 5.74) is 3.82. The molecule has 0 saturated heterocycles. The molecule has 0 unspecified atom stereocenters. The Labute approximate surface area is 204 Å². The van der Waals surface area contributed by atoms with Gasteiger partial charge in [0.25, 0.3) is 0 Å². The van der Waals surface area contributed by atoms with E-state index in [0.717, 1.165) is 0 Å². The fourth-order valence-electron chi connectivity index (χ4n) is 5.47. The largest absolute Gasteiger partial charge is 0.178 e. The summed E-state index contributed by atoms with van der Waals surface area (Å²) >= 11 is 0. The van der Waals surface area contributed by atoms with Crippen molar-refractivity contribution < 1.29 is 0 Å². The third-order valence-electron chi connectivity index (χ3n) is 7.20. The van der Waals surface area contributed by atoms with E-state index in [1.165, 1.54) is 41.2 Å². The Morgan fingerprint density at radius 1 is 0.294 bits per heavy atom. The molecule has 5 rings (SSSR count). The zero-order valence-corrected chi connectivity index (χ0v) is 21.0. The van der Waals surface area contributed by atoms with Gasteiger partial charge in [-0.2, -0.15) is 9.16 Å². The van der Waals surface area contributed by atoms with Gasteiger partial charge in [-0.25, -0.2) is 0 Å². The summed E-state index contributed by atoms with van der Waals surface area (Å²) in [4.78, 5) is 6.80. The molecule has 0 nitrogen and oxygen atoms in total. The first kappa shape index (κ1) is 22.3. The monoisotopic (exact) mass is 460 g/mol. The molecule has 0 heterocycles. The molecule has 0 aliphatic heterocycles. The molecule has 1 heteroatoms. The third kappa shape index (κ3) is 3.15. The molecule has 0 bridgehead atoms. The Bertz CT molecular complexity index is 1230. The quantitative estimate of drug-likeness (QED) is 0.248. The van der Waals surface area contributed by atoms with E-state index >= 15 is 0 Å². The molecule has 5 aromatic rings. The van der Waals surface area contributed by atoms with E-state index in [1.54, 1.807) is 0 Å². The smallest absolute Gasteiger partial charge is 0.0104 e. The first-order valence-corrected chi connectivity index (χ1v) is 14.1. The summed E-state index contributed by atoms with van der Waals surface area (Å²) in [5, 5.41) is 0. The van der Waals surface area contributed by atoms with Crippen molar-refractivity contribution in [2.24, 2.45) is 0 Å². The van der Waals surface area contributed by atoms with Gasteiger partial charge in [0.2, 0.25) is 0 Å². The number of benzene rings is 5. The van der Waals surface area contributed by atoms with Crippen LogP contribution in [0.3, 0.4) is 0 Å². The minimum Gasteiger partial charge on any atom is -0.178 e. The average Bonchev–Trinajstić information content (AvgIpc) is 2.89. The average molecular weight is 461 g/mol. The Morgan fingerprint density at radius 3 is 0.794 bits per heavy atom. The zero-order chi connectivity index (χ0) is 23.6. The van der Waals surface area contributed by atoms with E-state index in [2.05, 4.69) is 154 Å². The van der Waals surface area contributed by atoms with E-state index in [-0.39, 0.29) is 0 Å². The van der Waals surface area contributed by atoms with Crippen molar-refractivity contribution in [2.45, 2.75) is 45.2 Å². The van der Waals surface area contributed by atoms with Crippen LogP contribution in [-0.4, -0.2) is 0 Å². The molecule has 0 saturated carbocycles. The van der Waals surface area contributed by atoms with Gasteiger partial charge in [-0.15, -0.1) is 0 Å². The second-order valence-electron chi connectivity index (χ2n) is 9.30. The van der Waals surface area contributed by atoms with Crippen molar-refractivity contribution >= 4 is 9.16 Å². The number of aryl methyl sites for hydroxylation is 3. The highest BCUT2D eigenvalue weighted by Gasteiger charge is 2.49. The van der Waals surface area contributed by atoms with Crippen molar-refractivity contribution in [2.75, 3.05) is 0 Å². The van der Waals surface area contributed by atoms with Crippen molar-refractivity contribution in [1.29, 1.82) is 0 Å². The summed E-state index contributed by atoms with van der Waals surface area (Å²) in [7, 11) is -3.33. The second kappa shape index (κ2) is 8.66. The van der Waals surface area contributed by atoms with Gasteiger partial charge in [-0.1, -0.05) is 150 Å². The van der Waals surface area contributed by atoms with Gasteiger partial charge in [-0.05, 0) is 45.2 Å². The summed E-state index contributed by atoms with van der Waals surface area (Å²) in [6.45, 7) is 6.50. The normalized spacial score (nSPS) is 12.6. The van der Waals surface area contributed by atoms with Crippen LogP contribution >= 0.6 is 9.16 Å². The fraction of sp³-hybridized carbons (Fsp3) is 0.0909. The lowest BCUT2D eigenvalue weighted by Gasteiger charge is -2.63. The van der Waals surface area contributed by atoms with Crippen molar-refractivity contribution in [1.82, 2.24) is 0 Å². The molecule has 34 heavy (non-hydrogen) atoms. The minimum atomic E-state index is -3.33. The van der Waals surface area contributed by atoms with Gasteiger partial charge in [0, 0.05) is 0 Å². The number of hydrogen-bond donors (Lipinski definition) is 1. The topological polar surface area (TPSA) is 0 Å². The summed E-state index contributed by atoms with van der Waals surface area (Å²) in [5.74, 6) is 0. The second-order valence-corrected chi connectivity index (χ2v) is 14.1.